The molecule has 1 amide bonds. The molecular weight excluding hydrogens is 410 g/mol. The molecule has 0 aliphatic carbocycles. The molecule has 0 atom stereocenters. The topological polar surface area (TPSA) is 91.1 Å². The number of carbonyl (C=O) groups is 1. The molecule has 0 unspecified atom stereocenters. The van der Waals surface area contributed by atoms with Crippen LogP contribution >= 0.6 is 11.6 Å². The second kappa shape index (κ2) is 7.62. The van der Waals surface area contributed by atoms with Crippen molar-refractivity contribution in [2.75, 3.05) is 10.0 Å². The van der Waals surface area contributed by atoms with Gasteiger partial charge in [-0.15, -0.1) is 0 Å². The van der Waals surface area contributed by atoms with Crippen LogP contribution in [0.25, 0.3) is 10.9 Å². The van der Waals surface area contributed by atoms with Crippen LogP contribution in [0.2, 0.25) is 5.02 Å². The summed E-state index contributed by atoms with van der Waals surface area (Å²) in [6.07, 6.45) is 0. The van der Waals surface area contributed by atoms with Gasteiger partial charge in [-0.25, -0.2) is 8.42 Å². The normalized spacial score (nSPS) is 11.3. The fourth-order valence-electron chi connectivity index (χ4n) is 2.87. The van der Waals surface area contributed by atoms with Crippen LogP contribution in [-0.2, 0) is 10.0 Å². The summed E-state index contributed by atoms with van der Waals surface area (Å²) in [6.45, 7) is 0. The number of hydrogen-bond donors (Lipinski definition) is 3. The molecule has 4 aromatic rings. The van der Waals surface area contributed by atoms with Crippen molar-refractivity contribution in [3.05, 3.63) is 89.6 Å². The number of sulfonamides is 1. The molecule has 29 heavy (non-hydrogen) atoms. The molecule has 0 fully saturated rings. The van der Waals surface area contributed by atoms with E-state index in [4.69, 9.17) is 11.6 Å². The van der Waals surface area contributed by atoms with E-state index in [0.29, 0.717) is 22.1 Å². The first kappa shape index (κ1) is 19.0. The Bertz CT molecular complexity index is 1270. The maximum Gasteiger partial charge on any atom is 0.272 e. The molecule has 3 aromatic carbocycles. The van der Waals surface area contributed by atoms with E-state index in [0.717, 1.165) is 10.9 Å². The van der Waals surface area contributed by atoms with Crippen LogP contribution in [0.5, 0.6) is 0 Å². The highest BCUT2D eigenvalue weighted by atomic mass is 35.5. The number of fused-ring (bicyclic) bond motifs is 1. The zero-order valence-corrected chi connectivity index (χ0v) is 16.6. The smallest absolute Gasteiger partial charge is 0.272 e. The number of anilines is 2. The number of amides is 1. The lowest BCUT2D eigenvalue weighted by Crippen LogP contribution is -2.15. The number of para-hydroxylation sites is 1. The molecular formula is C21H16ClN3O3S. The summed E-state index contributed by atoms with van der Waals surface area (Å²) in [5, 5.41) is 4.15. The van der Waals surface area contributed by atoms with Crippen molar-refractivity contribution in [3.8, 4) is 0 Å². The van der Waals surface area contributed by atoms with Crippen molar-refractivity contribution >= 4 is 49.8 Å². The van der Waals surface area contributed by atoms with Crippen molar-refractivity contribution in [1.82, 2.24) is 4.98 Å². The molecule has 3 N–H and O–H groups in total. The summed E-state index contributed by atoms with van der Waals surface area (Å²) in [5.74, 6) is -0.360. The Morgan fingerprint density at radius 3 is 2.38 bits per heavy atom. The molecule has 1 aromatic heterocycles. The number of carbonyl (C=O) groups excluding carboxylic acids is 1. The Balaban J connectivity index is 1.54. The molecule has 0 radical (unpaired) electrons. The van der Waals surface area contributed by atoms with Crippen LogP contribution < -0.4 is 10.0 Å². The molecule has 0 saturated heterocycles. The van der Waals surface area contributed by atoms with Gasteiger partial charge in [0.2, 0.25) is 0 Å². The van der Waals surface area contributed by atoms with Gasteiger partial charge < -0.3 is 10.3 Å². The van der Waals surface area contributed by atoms with Gasteiger partial charge in [0.15, 0.2) is 0 Å². The Kier molecular flexibility index (Phi) is 5.00. The van der Waals surface area contributed by atoms with Crippen molar-refractivity contribution in [2.24, 2.45) is 0 Å². The highest BCUT2D eigenvalue weighted by Crippen LogP contribution is 2.22. The molecule has 0 bridgehead atoms. The highest BCUT2D eigenvalue weighted by molar-refractivity contribution is 7.92. The van der Waals surface area contributed by atoms with E-state index in [-0.39, 0.29) is 10.8 Å². The second-order valence-corrected chi connectivity index (χ2v) is 8.48. The van der Waals surface area contributed by atoms with Crippen molar-refractivity contribution in [1.29, 1.82) is 0 Å². The Hall–Kier alpha value is -3.29. The number of hydrogen-bond acceptors (Lipinski definition) is 3. The van der Waals surface area contributed by atoms with Gasteiger partial charge in [0.1, 0.15) is 5.69 Å². The molecule has 8 heteroatoms. The summed E-state index contributed by atoms with van der Waals surface area (Å²) in [5.41, 5.74) is 1.99. The fraction of sp³-hybridized carbons (Fsp3) is 0. The predicted octanol–water partition coefficient (Wildman–Crippen LogP) is 4.87. The minimum atomic E-state index is -3.82. The number of nitrogens with one attached hydrogen (secondary N) is 3. The lowest BCUT2D eigenvalue weighted by Gasteiger charge is -2.10. The minimum Gasteiger partial charge on any atom is -0.351 e. The van der Waals surface area contributed by atoms with E-state index in [1.165, 1.54) is 12.1 Å². The van der Waals surface area contributed by atoms with E-state index in [2.05, 4.69) is 15.0 Å². The second-order valence-electron chi connectivity index (χ2n) is 6.36. The standard InChI is InChI=1S/C21H16ClN3O3S/c22-15-8-10-16(11-9-15)25-29(27,28)18-6-3-5-17(13-18)23-21(26)20-12-14-4-1-2-7-19(14)24-20/h1-13,24-25H,(H,23,26). The first-order valence-corrected chi connectivity index (χ1v) is 10.5. The molecule has 0 spiro atoms. The van der Waals surface area contributed by atoms with Gasteiger partial charge in [-0.2, -0.15) is 0 Å². The number of aromatic amines is 1. The van der Waals surface area contributed by atoms with Gasteiger partial charge in [-0.1, -0.05) is 35.9 Å². The van der Waals surface area contributed by atoms with E-state index < -0.39 is 10.0 Å². The molecule has 6 nitrogen and oxygen atoms in total. The predicted molar refractivity (Wildman–Crippen MR) is 115 cm³/mol. The summed E-state index contributed by atoms with van der Waals surface area (Å²) in [7, 11) is -3.82. The first-order chi connectivity index (χ1) is 13.9. The number of rotatable bonds is 5. The molecule has 1 heterocycles. The third kappa shape index (κ3) is 4.26. The number of halogens is 1. The van der Waals surface area contributed by atoms with Gasteiger partial charge in [0, 0.05) is 27.3 Å². The maximum atomic E-state index is 12.6. The van der Waals surface area contributed by atoms with Crippen LogP contribution in [0.1, 0.15) is 10.5 Å². The van der Waals surface area contributed by atoms with Crippen LogP contribution in [-0.4, -0.2) is 19.3 Å². The van der Waals surface area contributed by atoms with Gasteiger partial charge in [0.05, 0.1) is 4.90 Å². The lowest BCUT2D eigenvalue weighted by molar-refractivity contribution is 0.102. The summed E-state index contributed by atoms with van der Waals surface area (Å²) >= 11 is 5.83. The summed E-state index contributed by atoms with van der Waals surface area (Å²) in [6, 6.07) is 21.7. The SMILES string of the molecule is O=C(Nc1cccc(S(=O)(=O)Nc2ccc(Cl)cc2)c1)c1cc2ccccc2[nH]1. The third-order valence-electron chi connectivity index (χ3n) is 4.27. The Morgan fingerprint density at radius 1 is 0.862 bits per heavy atom. The van der Waals surface area contributed by atoms with E-state index in [1.54, 1.807) is 42.5 Å². The molecule has 0 saturated carbocycles. The number of aromatic nitrogens is 1. The largest absolute Gasteiger partial charge is 0.351 e. The number of H-pyrrole nitrogens is 1. The summed E-state index contributed by atoms with van der Waals surface area (Å²) in [4.78, 5) is 15.6. The van der Waals surface area contributed by atoms with Gasteiger partial charge in [-0.3, -0.25) is 9.52 Å². The molecule has 146 valence electrons. The van der Waals surface area contributed by atoms with Crippen molar-refractivity contribution < 1.29 is 13.2 Å². The van der Waals surface area contributed by atoms with Crippen LogP contribution in [0.4, 0.5) is 11.4 Å². The molecule has 0 aliphatic heterocycles. The monoisotopic (exact) mass is 425 g/mol. The van der Waals surface area contributed by atoms with E-state index >= 15 is 0 Å². The highest BCUT2D eigenvalue weighted by Gasteiger charge is 2.16. The van der Waals surface area contributed by atoms with Crippen LogP contribution in [0.15, 0.2) is 83.8 Å². The zero-order chi connectivity index (χ0) is 20.4. The van der Waals surface area contributed by atoms with Crippen molar-refractivity contribution in [3.63, 3.8) is 0 Å². The van der Waals surface area contributed by atoms with Gasteiger partial charge in [-0.05, 0) is 54.6 Å². The van der Waals surface area contributed by atoms with Crippen molar-refractivity contribution in [2.45, 2.75) is 4.90 Å². The van der Waals surface area contributed by atoms with Crippen LogP contribution in [0.3, 0.4) is 0 Å². The average Bonchev–Trinajstić information content (AvgIpc) is 3.14. The number of benzene rings is 3. The zero-order valence-electron chi connectivity index (χ0n) is 15.0. The minimum absolute atomic E-state index is 0.0295. The third-order valence-corrected chi connectivity index (χ3v) is 5.90. The quantitative estimate of drug-likeness (QED) is 0.425. The molecule has 0 aliphatic rings. The van der Waals surface area contributed by atoms with E-state index in [1.807, 2.05) is 24.3 Å². The van der Waals surface area contributed by atoms with Gasteiger partial charge in [0.25, 0.3) is 15.9 Å². The first-order valence-electron chi connectivity index (χ1n) is 8.68. The average molecular weight is 426 g/mol. The summed E-state index contributed by atoms with van der Waals surface area (Å²) < 4.78 is 27.8. The maximum absolute atomic E-state index is 12.6. The lowest BCUT2D eigenvalue weighted by atomic mass is 10.2. The van der Waals surface area contributed by atoms with Crippen LogP contribution in [0, 0.1) is 0 Å². The molecule has 4 rings (SSSR count). The fourth-order valence-corrected chi connectivity index (χ4v) is 4.10. The Labute approximate surface area is 172 Å². The Morgan fingerprint density at radius 2 is 1.62 bits per heavy atom. The van der Waals surface area contributed by atoms with Gasteiger partial charge >= 0.3 is 0 Å². The van der Waals surface area contributed by atoms with E-state index in [9.17, 15) is 13.2 Å².